The van der Waals surface area contributed by atoms with E-state index in [1.165, 1.54) is 22.3 Å². The maximum absolute atomic E-state index is 9.29. The highest BCUT2D eigenvalue weighted by Gasteiger charge is 2.35. The molecule has 1 aliphatic rings. The van der Waals surface area contributed by atoms with Gasteiger partial charge in [-0.15, -0.1) is 0 Å². The number of hydrogen-bond acceptors (Lipinski definition) is 1. The number of fused-ring (bicyclic) bond motifs is 7. The molecule has 0 atom stereocenters. The van der Waals surface area contributed by atoms with Crippen LogP contribution in [0.5, 0.6) is 0 Å². The Labute approximate surface area is 308 Å². The second-order valence-electron chi connectivity index (χ2n) is 13.7. The maximum Gasteiger partial charge on any atom is 0.0645 e. The number of benzene rings is 8. The fourth-order valence-electron chi connectivity index (χ4n) is 8.06. The molecule has 242 valence electrons. The summed E-state index contributed by atoms with van der Waals surface area (Å²) in [6.45, 7) is 4.59. The molecule has 0 N–H and O–H groups in total. The lowest BCUT2D eigenvalue weighted by molar-refractivity contribution is 0.660. The van der Waals surface area contributed by atoms with Gasteiger partial charge in [-0.25, -0.2) is 0 Å². The molecule has 2 nitrogen and oxygen atoms in total. The van der Waals surface area contributed by atoms with Crippen molar-refractivity contribution in [3.63, 3.8) is 0 Å². The molecule has 1 heterocycles. The van der Waals surface area contributed by atoms with Crippen LogP contribution in [0.15, 0.2) is 182 Å². The van der Waals surface area contributed by atoms with Crippen molar-refractivity contribution in [2.75, 3.05) is 4.90 Å². The van der Waals surface area contributed by atoms with Crippen LogP contribution in [-0.2, 0) is 5.41 Å². The van der Waals surface area contributed by atoms with Gasteiger partial charge < -0.3 is 9.47 Å². The van der Waals surface area contributed by atoms with E-state index in [9.17, 15) is 1.37 Å². The zero-order valence-corrected chi connectivity index (χ0v) is 28.2. The van der Waals surface area contributed by atoms with Gasteiger partial charge in [0.05, 0.1) is 26.3 Å². The van der Waals surface area contributed by atoms with Crippen molar-refractivity contribution in [3.8, 4) is 27.9 Å². The third kappa shape index (κ3) is 4.57. The van der Waals surface area contributed by atoms with Gasteiger partial charge >= 0.3 is 0 Å². The van der Waals surface area contributed by atoms with Crippen molar-refractivity contribution in [2.45, 2.75) is 19.3 Å². The first-order valence-corrected chi connectivity index (χ1v) is 17.2. The Kier molecular flexibility index (Phi) is 5.13. The molecule has 9 aromatic rings. The van der Waals surface area contributed by atoms with Crippen LogP contribution < -0.4 is 4.90 Å². The van der Waals surface area contributed by atoms with Crippen LogP contribution in [0.4, 0.5) is 17.1 Å². The molecule has 0 fully saturated rings. The second kappa shape index (κ2) is 11.3. The van der Waals surface area contributed by atoms with Crippen LogP contribution in [0, 0.1) is 0 Å². The Morgan fingerprint density at radius 3 is 2.12 bits per heavy atom. The van der Waals surface area contributed by atoms with Crippen LogP contribution in [0.25, 0.3) is 60.5 Å². The minimum Gasteiger partial charge on any atom is -0.310 e. The lowest BCUT2D eigenvalue weighted by Gasteiger charge is -2.29. The van der Waals surface area contributed by atoms with Crippen LogP contribution in [-0.4, -0.2) is 4.57 Å². The predicted octanol–water partition coefficient (Wildman–Crippen LogP) is 13.4. The van der Waals surface area contributed by atoms with E-state index in [2.05, 4.69) is 116 Å². The smallest absolute Gasteiger partial charge is 0.0645 e. The first-order chi connectivity index (χ1) is 27.9. The highest BCUT2D eigenvalue weighted by Crippen LogP contribution is 2.51. The number of anilines is 3. The highest BCUT2D eigenvalue weighted by molar-refractivity contribution is 6.10. The monoisotopic (exact) mass is 659 g/mol. The van der Waals surface area contributed by atoms with Crippen LogP contribution in [0.3, 0.4) is 0 Å². The Balaban J connectivity index is 1.13. The molecule has 0 saturated carbocycles. The quantitative estimate of drug-likeness (QED) is 0.178. The zero-order chi connectivity index (χ0) is 40.2. The van der Waals surface area contributed by atoms with Crippen molar-refractivity contribution < 1.29 is 9.60 Å². The molecule has 0 amide bonds. The third-order valence-electron chi connectivity index (χ3n) is 10.5. The van der Waals surface area contributed by atoms with Crippen molar-refractivity contribution >= 4 is 49.6 Å². The largest absolute Gasteiger partial charge is 0.310 e. The Bertz CT molecular complexity index is 3150. The summed E-state index contributed by atoms with van der Waals surface area (Å²) in [5, 5.41) is 3.76. The molecule has 1 aliphatic carbocycles. The van der Waals surface area contributed by atoms with Crippen molar-refractivity contribution in [1.82, 2.24) is 4.57 Å². The Morgan fingerprint density at radius 2 is 1.24 bits per heavy atom. The SMILES string of the molecule is [2H]c1ccc2c3cc(-c4ccc(N(c5ccc6c(c5)C(C)(C)c5ccccc5-6)c5cccc6ccccc56)cc4)c([2H])cc3n(-c3c([2H])c([2H])c([2H])c([2H])c3[2H])c2c1. The minimum atomic E-state index is -0.475. The molecule has 0 bridgehead atoms. The molecular formula is C49H36N2. The summed E-state index contributed by atoms with van der Waals surface area (Å²) in [4.78, 5) is 2.31. The molecule has 2 heteroatoms. The van der Waals surface area contributed by atoms with Crippen molar-refractivity contribution in [3.05, 3.63) is 193 Å². The molecule has 0 aliphatic heterocycles. The standard InChI is InChI=1S/C49H36N2/c1-49(2)44-20-10-8-18-40(44)41-29-28-38(32-45(41)49)50(46-22-12-14-34-13-6-7-17-39(34)46)37-26-23-33(24-27-37)35-25-30-48-43(31-35)42-19-9-11-21-47(42)51(48)36-15-4-3-5-16-36/h3-32H,1-2H3/i3D,4D,5D,11D,15D,16D,25D. The van der Waals surface area contributed by atoms with E-state index in [0.29, 0.717) is 16.6 Å². The van der Waals surface area contributed by atoms with E-state index in [1.807, 2.05) is 24.3 Å². The van der Waals surface area contributed by atoms with E-state index in [4.69, 9.17) is 8.22 Å². The van der Waals surface area contributed by atoms with Gasteiger partial charge in [0.25, 0.3) is 0 Å². The molecule has 1 aromatic heterocycles. The van der Waals surface area contributed by atoms with E-state index in [1.54, 1.807) is 22.8 Å². The molecule has 0 unspecified atom stereocenters. The average molecular weight is 660 g/mol. The minimum absolute atomic E-state index is 0.0135. The summed E-state index contributed by atoms with van der Waals surface area (Å²) in [6.07, 6.45) is 0. The number of nitrogens with zero attached hydrogens (tertiary/aromatic N) is 2. The number of rotatable bonds is 5. The lowest BCUT2D eigenvalue weighted by atomic mass is 9.82. The van der Waals surface area contributed by atoms with E-state index < -0.39 is 18.1 Å². The Morgan fingerprint density at radius 1 is 0.510 bits per heavy atom. The number of hydrogen-bond donors (Lipinski definition) is 0. The van der Waals surface area contributed by atoms with Gasteiger partial charge in [-0.05, 0) is 99.4 Å². The summed E-state index contributed by atoms with van der Waals surface area (Å²) >= 11 is 0. The number of aromatic nitrogens is 1. The van der Waals surface area contributed by atoms with E-state index in [-0.39, 0.29) is 35.3 Å². The van der Waals surface area contributed by atoms with Gasteiger partial charge in [0, 0.05) is 38.6 Å². The average Bonchev–Trinajstić information content (AvgIpc) is 3.65. The van der Waals surface area contributed by atoms with Gasteiger partial charge in [0.1, 0.15) is 0 Å². The van der Waals surface area contributed by atoms with Gasteiger partial charge in [0.15, 0.2) is 0 Å². The summed E-state index contributed by atoms with van der Waals surface area (Å²) in [7, 11) is 0. The summed E-state index contributed by atoms with van der Waals surface area (Å²) in [5.41, 5.74) is 10.6. The molecular weight excluding hydrogens is 617 g/mol. The summed E-state index contributed by atoms with van der Waals surface area (Å²) in [5.74, 6) is 0. The molecule has 8 aromatic carbocycles. The molecule has 10 rings (SSSR count). The lowest BCUT2D eigenvalue weighted by Crippen LogP contribution is -2.16. The molecule has 0 radical (unpaired) electrons. The maximum atomic E-state index is 9.29. The van der Waals surface area contributed by atoms with Crippen LogP contribution in [0.2, 0.25) is 0 Å². The van der Waals surface area contributed by atoms with Gasteiger partial charge in [-0.3, -0.25) is 0 Å². The van der Waals surface area contributed by atoms with Gasteiger partial charge in [0.2, 0.25) is 0 Å². The zero-order valence-electron chi connectivity index (χ0n) is 35.2. The first kappa shape index (κ1) is 23.1. The normalized spacial score (nSPS) is 15.0. The molecule has 0 saturated heterocycles. The van der Waals surface area contributed by atoms with Gasteiger partial charge in [-0.2, -0.15) is 0 Å². The van der Waals surface area contributed by atoms with Crippen LogP contribution in [0.1, 0.15) is 34.6 Å². The Hall–Kier alpha value is -6.38. The van der Waals surface area contributed by atoms with Gasteiger partial charge in [-0.1, -0.05) is 135 Å². The second-order valence-corrected chi connectivity index (χ2v) is 13.7. The van der Waals surface area contributed by atoms with E-state index in [0.717, 1.165) is 44.2 Å². The molecule has 0 spiro atoms. The fourth-order valence-corrected chi connectivity index (χ4v) is 8.06. The third-order valence-corrected chi connectivity index (χ3v) is 10.5. The highest BCUT2D eigenvalue weighted by atomic mass is 15.1. The topological polar surface area (TPSA) is 8.17 Å². The first-order valence-electron chi connectivity index (χ1n) is 20.7. The van der Waals surface area contributed by atoms with Crippen molar-refractivity contribution in [1.29, 1.82) is 0 Å². The van der Waals surface area contributed by atoms with E-state index >= 15 is 0 Å². The summed E-state index contributed by atoms with van der Waals surface area (Å²) < 4.78 is 61.7. The van der Waals surface area contributed by atoms with Crippen LogP contribution >= 0.6 is 0 Å². The molecule has 51 heavy (non-hydrogen) atoms. The number of para-hydroxylation sites is 2. The summed E-state index contributed by atoms with van der Waals surface area (Å²) in [6, 6.07) is 45.7. The van der Waals surface area contributed by atoms with Crippen molar-refractivity contribution in [2.24, 2.45) is 0 Å². The fraction of sp³-hybridized carbons (Fsp3) is 0.0612. The predicted molar refractivity (Wildman–Crippen MR) is 216 cm³/mol.